The van der Waals surface area contributed by atoms with E-state index in [0.717, 1.165) is 19.5 Å². The van der Waals surface area contributed by atoms with Crippen molar-refractivity contribution in [3.05, 3.63) is 25.9 Å². The van der Waals surface area contributed by atoms with Crippen molar-refractivity contribution in [1.82, 2.24) is 5.32 Å². The van der Waals surface area contributed by atoms with Crippen molar-refractivity contribution in [3.63, 3.8) is 0 Å². The molecule has 0 aliphatic rings. The molecule has 0 saturated carbocycles. The summed E-state index contributed by atoms with van der Waals surface area (Å²) in [5.41, 5.74) is 1.47. The Kier molecular flexibility index (Phi) is 6.45. The molecule has 0 bridgehead atoms. The Balaban J connectivity index is 2.60. The molecule has 1 nitrogen and oxygen atoms in total. The molecule has 0 spiro atoms. The minimum atomic E-state index is 0.714. The quantitative estimate of drug-likeness (QED) is 0.790. The first-order valence-electron chi connectivity index (χ1n) is 6.19. The molecule has 1 aromatic rings. The second-order valence-corrected chi connectivity index (χ2v) is 6.88. The number of hydrogen-bond donors (Lipinski definition) is 1. The van der Waals surface area contributed by atoms with Gasteiger partial charge in [0.15, 0.2) is 0 Å². The van der Waals surface area contributed by atoms with Gasteiger partial charge in [0.2, 0.25) is 0 Å². The van der Waals surface area contributed by atoms with Gasteiger partial charge in [0.1, 0.15) is 0 Å². The number of thiophene rings is 1. The fourth-order valence-corrected chi connectivity index (χ4v) is 3.11. The molecule has 17 heavy (non-hydrogen) atoms. The second-order valence-electron chi connectivity index (χ2n) is 4.73. The van der Waals surface area contributed by atoms with E-state index < -0.39 is 0 Å². The molecule has 1 heterocycles. The van der Waals surface area contributed by atoms with Gasteiger partial charge >= 0.3 is 0 Å². The zero-order chi connectivity index (χ0) is 12.8. The third kappa shape index (κ3) is 5.36. The number of hydrogen-bond acceptors (Lipinski definition) is 2. The van der Waals surface area contributed by atoms with Crippen LogP contribution in [0.25, 0.3) is 6.08 Å². The van der Waals surface area contributed by atoms with Crippen LogP contribution < -0.4 is 5.32 Å². The summed E-state index contributed by atoms with van der Waals surface area (Å²) >= 11 is 5.41. The summed E-state index contributed by atoms with van der Waals surface area (Å²) in [7, 11) is 0. The van der Waals surface area contributed by atoms with Gasteiger partial charge in [0.05, 0.1) is 0 Å². The Morgan fingerprint density at radius 2 is 2.24 bits per heavy atom. The van der Waals surface area contributed by atoms with Gasteiger partial charge in [-0.25, -0.2) is 0 Å². The van der Waals surface area contributed by atoms with Gasteiger partial charge in [0.25, 0.3) is 0 Å². The van der Waals surface area contributed by atoms with Gasteiger partial charge in [-0.05, 0) is 53.9 Å². The summed E-state index contributed by atoms with van der Waals surface area (Å²) in [6.07, 6.45) is 3.43. The van der Waals surface area contributed by atoms with Crippen molar-refractivity contribution in [1.29, 1.82) is 0 Å². The lowest BCUT2D eigenvalue weighted by Crippen LogP contribution is -2.21. The maximum atomic E-state index is 3.57. The van der Waals surface area contributed by atoms with E-state index in [2.05, 4.69) is 61.1 Å². The SMILES string of the molecule is CCC(=Cc1cc(Br)c(C)s1)CNCC(C)C. The van der Waals surface area contributed by atoms with Crippen LogP contribution in [-0.2, 0) is 0 Å². The minimum absolute atomic E-state index is 0.714. The van der Waals surface area contributed by atoms with E-state index in [1.807, 2.05) is 11.3 Å². The predicted octanol–water partition coefficient (Wildman–Crippen LogP) is 4.86. The third-order valence-electron chi connectivity index (χ3n) is 2.58. The first-order chi connectivity index (χ1) is 8.02. The maximum Gasteiger partial charge on any atom is 0.0317 e. The molecular formula is C14H22BrNS. The van der Waals surface area contributed by atoms with Crippen LogP contribution in [0.4, 0.5) is 0 Å². The van der Waals surface area contributed by atoms with E-state index in [4.69, 9.17) is 0 Å². The monoisotopic (exact) mass is 315 g/mol. The lowest BCUT2D eigenvalue weighted by molar-refractivity contribution is 0.569. The molecule has 3 heteroatoms. The third-order valence-corrected chi connectivity index (χ3v) is 4.67. The number of aryl methyl sites for hydroxylation is 1. The Bertz CT molecular complexity index is 360. The summed E-state index contributed by atoms with van der Waals surface area (Å²) < 4.78 is 1.22. The normalized spacial score (nSPS) is 12.5. The summed E-state index contributed by atoms with van der Waals surface area (Å²) in [5, 5.41) is 3.50. The zero-order valence-corrected chi connectivity index (χ0v) is 13.5. The minimum Gasteiger partial charge on any atom is -0.313 e. The largest absolute Gasteiger partial charge is 0.313 e. The van der Waals surface area contributed by atoms with E-state index in [1.165, 1.54) is 19.8 Å². The van der Waals surface area contributed by atoms with E-state index in [-0.39, 0.29) is 0 Å². The van der Waals surface area contributed by atoms with Crippen LogP contribution in [0, 0.1) is 12.8 Å². The van der Waals surface area contributed by atoms with E-state index >= 15 is 0 Å². The van der Waals surface area contributed by atoms with Gasteiger partial charge in [0, 0.05) is 20.8 Å². The molecule has 1 rings (SSSR count). The summed E-state index contributed by atoms with van der Waals surface area (Å²) in [6.45, 7) is 10.9. The van der Waals surface area contributed by atoms with E-state index in [1.54, 1.807) is 0 Å². The fourth-order valence-electron chi connectivity index (χ4n) is 1.55. The van der Waals surface area contributed by atoms with Crippen molar-refractivity contribution < 1.29 is 0 Å². The highest BCUT2D eigenvalue weighted by Crippen LogP contribution is 2.28. The molecule has 1 aromatic heterocycles. The molecule has 0 radical (unpaired) electrons. The van der Waals surface area contributed by atoms with Crippen molar-refractivity contribution in [2.75, 3.05) is 13.1 Å². The first-order valence-corrected chi connectivity index (χ1v) is 7.80. The first kappa shape index (κ1) is 14.9. The van der Waals surface area contributed by atoms with Crippen LogP contribution in [0.15, 0.2) is 16.1 Å². The standard InChI is InChI=1S/C14H22BrNS/c1-5-12(9-16-8-10(2)3)6-13-7-14(15)11(4)17-13/h6-7,10,16H,5,8-9H2,1-4H3. The van der Waals surface area contributed by atoms with Crippen molar-refractivity contribution >= 4 is 33.3 Å². The van der Waals surface area contributed by atoms with Crippen molar-refractivity contribution in [2.45, 2.75) is 34.1 Å². The van der Waals surface area contributed by atoms with Crippen LogP contribution >= 0.6 is 27.3 Å². The van der Waals surface area contributed by atoms with Crippen molar-refractivity contribution in [2.24, 2.45) is 5.92 Å². The summed E-state index contributed by atoms with van der Waals surface area (Å²) in [6, 6.07) is 2.21. The maximum absolute atomic E-state index is 3.57. The smallest absolute Gasteiger partial charge is 0.0317 e. The lowest BCUT2D eigenvalue weighted by atomic mass is 10.1. The Labute approximate surface area is 117 Å². The van der Waals surface area contributed by atoms with E-state index in [9.17, 15) is 0 Å². The highest BCUT2D eigenvalue weighted by Gasteiger charge is 2.02. The zero-order valence-electron chi connectivity index (χ0n) is 11.1. The average Bonchev–Trinajstić information content (AvgIpc) is 2.56. The van der Waals surface area contributed by atoms with Crippen LogP contribution in [0.5, 0.6) is 0 Å². The predicted molar refractivity (Wildman–Crippen MR) is 82.7 cm³/mol. The highest BCUT2D eigenvalue weighted by atomic mass is 79.9. The van der Waals surface area contributed by atoms with Crippen LogP contribution in [0.3, 0.4) is 0 Å². The average molecular weight is 316 g/mol. The fraction of sp³-hybridized carbons (Fsp3) is 0.571. The molecule has 0 atom stereocenters. The van der Waals surface area contributed by atoms with Crippen LogP contribution in [0.2, 0.25) is 0 Å². The molecule has 0 aliphatic carbocycles. The van der Waals surface area contributed by atoms with Crippen molar-refractivity contribution in [3.8, 4) is 0 Å². The number of nitrogens with one attached hydrogen (secondary N) is 1. The van der Waals surface area contributed by atoms with Gasteiger partial charge in [-0.15, -0.1) is 11.3 Å². The summed E-state index contributed by atoms with van der Waals surface area (Å²) in [4.78, 5) is 2.69. The van der Waals surface area contributed by atoms with Gasteiger partial charge in [-0.1, -0.05) is 26.3 Å². The Hall–Kier alpha value is -0.120. The number of halogens is 1. The van der Waals surface area contributed by atoms with Gasteiger partial charge in [-0.2, -0.15) is 0 Å². The topological polar surface area (TPSA) is 12.0 Å². The molecule has 96 valence electrons. The highest BCUT2D eigenvalue weighted by molar-refractivity contribution is 9.10. The molecular weight excluding hydrogens is 294 g/mol. The Morgan fingerprint density at radius 3 is 2.71 bits per heavy atom. The van der Waals surface area contributed by atoms with Crippen LogP contribution in [-0.4, -0.2) is 13.1 Å². The lowest BCUT2D eigenvalue weighted by Gasteiger charge is -2.09. The Morgan fingerprint density at radius 1 is 1.53 bits per heavy atom. The van der Waals surface area contributed by atoms with Gasteiger partial charge < -0.3 is 5.32 Å². The summed E-state index contributed by atoms with van der Waals surface area (Å²) in [5.74, 6) is 0.714. The van der Waals surface area contributed by atoms with E-state index in [0.29, 0.717) is 5.92 Å². The second kappa shape index (κ2) is 7.34. The molecule has 0 amide bonds. The van der Waals surface area contributed by atoms with Gasteiger partial charge in [-0.3, -0.25) is 0 Å². The van der Waals surface area contributed by atoms with Crippen LogP contribution in [0.1, 0.15) is 36.9 Å². The molecule has 0 saturated heterocycles. The molecule has 0 fully saturated rings. The molecule has 0 aromatic carbocycles. The molecule has 0 unspecified atom stereocenters. The molecule has 0 aliphatic heterocycles. The molecule has 1 N–H and O–H groups in total. The number of rotatable bonds is 6.